The Morgan fingerprint density at radius 3 is 2.83 bits per heavy atom. The molecule has 1 aromatic rings. The largest absolute Gasteiger partial charge is 0.481 e. The van der Waals surface area contributed by atoms with E-state index < -0.39 is 23.4 Å². The summed E-state index contributed by atoms with van der Waals surface area (Å²) in [7, 11) is 0. The van der Waals surface area contributed by atoms with Crippen LogP contribution in [0.5, 0.6) is 0 Å². The number of amides is 1. The molecular weight excluding hydrogens is 241 g/mol. The minimum absolute atomic E-state index is 0.0313. The van der Waals surface area contributed by atoms with Gasteiger partial charge in [-0.15, -0.1) is 0 Å². The Bertz CT molecular complexity index is 505. The molecule has 6 heteroatoms. The van der Waals surface area contributed by atoms with E-state index in [0.717, 1.165) is 4.90 Å². The Hall–Kier alpha value is -2.11. The van der Waals surface area contributed by atoms with Gasteiger partial charge in [-0.3, -0.25) is 9.69 Å². The highest BCUT2D eigenvalue weighted by atomic mass is 19.1. The summed E-state index contributed by atoms with van der Waals surface area (Å²) >= 11 is 0. The smallest absolute Gasteiger partial charge is 0.415 e. The first-order chi connectivity index (χ1) is 8.44. The molecule has 1 amide bonds. The van der Waals surface area contributed by atoms with E-state index in [1.165, 1.54) is 18.2 Å². The maximum absolute atomic E-state index is 13.7. The quantitative estimate of drug-likeness (QED) is 0.894. The minimum atomic E-state index is -1.08. The summed E-state index contributed by atoms with van der Waals surface area (Å²) in [6, 6.07) is 5.70. The van der Waals surface area contributed by atoms with Crippen LogP contribution < -0.4 is 4.90 Å². The number of aliphatic carboxylic acids is 1. The van der Waals surface area contributed by atoms with Gasteiger partial charge >= 0.3 is 12.1 Å². The maximum atomic E-state index is 13.7. The molecule has 1 aliphatic rings. The summed E-state index contributed by atoms with van der Waals surface area (Å²) in [5, 5.41) is 8.87. The molecule has 1 unspecified atom stereocenters. The zero-order valence-corrected chi connectivity index (χ0v) is 9.72. The number of cyclic esters (lactones) is 1. The van der Waals surface area contributed by atoms with Crippen molar-refractivity contribution in [2.75, 3.05) is 11.5 Å². The van der Waals surface area contributed by atoms with Crippen molar-refractivity contribution in [3.63, 3.8) is 0 Å². The van der Waals surface area contributed by atoms with E-state index >= 15 is 0 Å². The van der Waals surface area contributed by atoms with Crippen molar-refractivity contribution in [2.45, 2.75) is 18.9 Å². The molecule has 1 saturated heterocycles. The predicted octanol–water partition coefficient (Wildman–Crippen LogP) is 2.02. The van der Waals surface area contributed by atoms with E-state index in [4.69, 9.17) is 9.84 Å². The van der Waals surface area contributed by atoms with E-state index in [0.29, 0.717) is 0 Å². The zero-order valence-electron chi connectivity index (χ0n) is 9.72. The van der Waals surface area contributed by atoms with Crippen molar-refractivity contribution < 1.29 is 23.8 Å². The van der Waals surface area contributed by atoms with Gasteiger partial charge in [0.2, 0.25) is 0 Å². The Labute approximate surface area is 103 Å². The average molecular weight is 253 g/mol. The first kappa shape index (κ1) is 12.3. The Morgan fingerprint density at radius 1 is 1.56 bits per heavy atom. The van der Waals surface area contributed by atoms with Gasteiger partial charge in [0, 0.05) is 0 Å². The van der Waals surface area contributed by atoms with Crippen LogP contribution in [0.25, 0.3) is 0 Å². The van der Waals surface area contributed by atoms with Crippen molar-refractivity contribution >= 4 is 17.7 Å². The van der Waals surface area contributed by atoms with Crippen LogP contribution in [0.15, 0.2) is 24.3 Å². The second-order valence-corrected chi connectivity index (χ2v) is 4.41. The SMILES string of the molecule is CC1(CC(=O)O)COC(=O)N1c1ccccc1F. The molecule has 0 spiro atoms. The van der Waals surface area contributed by atoms with Gasteiger partial charge in [-0.2, -0.15) is 0 Å². The lowest BCUT2D eigenvalue weighted by molar-refractivity contribution is -0.138. The van der Waals surface area contributed by atoms with Gasteiger partial charge in [0.1, 0.15) is 12.4 Å². The van der Waals surface area contributed by atoms with E-state index in [9.17, 15) is 14.0 Å². The average Bonchev–Trinajstić information content (AvgIpc) is 2.55. The number of carboxylic acids is 1. The molecule has 1 aliphatic heterocycles. The summed E-state index contributed by atoms with van der Waals surface area (Å²) in [6.07, 6.45) is -1.04. The number of halogens is 1. The van der Waals surface area contributed by atoms with E-state index in [1.807, 2.05) is 0 Å². The van der Waals surface area contributed by atoms with E-state index in [1.54, 1.807) is 13.0 Å². The number of hydrogen-bond acceptors (Lipinski definition) is 3. The van der Waals surface area contributed by atoms with Crippen LogP contribution in [-0.2, 0) is 9.53 Å². The normalized spacial score (nSPS) is 23.0. The highest BCUT2D eigenvalue weighted by Crippen LogP contribution is 2.34. The van der Waals surface area contributed by atoms with Crippen molar-refractivity contribution in [1.82, 2.24) is 0 Å². The number of anilines is 1. The fourth-order valence-corrected chi connectivity index (χ4v) is 2.04. The van der Waals surface area contributed by atoms with Crippen LogP contribution >= 0.6 is 0 Å². The summed E-state index contributed by atoms with van der Waals surface area (Å²) in [5.41, 5.74) is -1.05. The molecule has 1 N–H and O–H groups in total. The highest BCUT2D eigenvalue weighted by Gasteiger charge is 2.47. The van der Waals surface area contributed by atoms with Crippen molar-refractivity contribution in [2.24, 2.45) is 0 Å². The fraction of sp³-hybridized carbons (Fsp3) is 0.333. The Morgan fingerprint density at radius 2 is 2.22 bits per heavy atom. The maximum Gasteiger partial charge on any atom is 0.415 e. The zero-order chi connectivity index (χ0) is 13.3. The van der Waals surface area contributed by atoms with Crippen molar-refractivity contribution in [3.05, 3.63) is 30.1 Å². The van der Waals surface area contributed by atoms with Gasteiger partial charge in [0.25, 0.3) is 0 Å². The molecule has 5 nitrogen and oxygen atoms in total. The molecule has 1 aromatic carbocycles. The Kier molecular flexibility index (Phi) is 2.94. The topological polar surface area (TPSA) is 66.8 Å². The molecule has 2 rings (SSSR count). The van der Waals surface area contributed by atoms with Gasteiger partial charge in [0.15, 0.2) is 0 Å². The van der Waals surface area contributed by atoms with Crippen LogP contribution in [0, 0.1) is 5.82 Å². The molecule has 0 aromatic heterocycles. The van der Waals surface area contributed by atoms with E-state index in [2.05, 4.69) is 0 Å². The fourth-order valence-electron chi connectivity index (χ4n) is 2.04. The summed E-state index contributed by atoms with van der Waals surface area (Å²) in [6.45, 7) is 1.48. The molecule has 18 heavy (non-hydrogen) atoms. The number of hydrogen-bond donors (Lipinski definition) is 1. The number of rotatable bonds is 3. The van der Waals surface area contributed by atoms with Crippen molar-refractivity contribution in [3.8, 4) is 0 Å². The van der Waals surface area contributed by atoms with Crippen LogP contribution in [0.3, 0.4) is 0 Å². The molecule has 1 atom stereocenters. The van der Waals surface area contributed by atoms with E-state index in [-0.39, 0.29) is 18.7 Å². The molecular formula is C12H12FNO4. The van der Waals surface area contributed by atoms with Gasteiger partial charge in [-0.05, 0) is 19.1 Å². The van der Waals surface area contributed by atoms with Crippen LogP contribution in [0.1, 0.15) is 13.3 Å². The number of carboxylic acid groups (broad SMARTS) is 1. The minimum Gasteiger partial charge on any atom is -0.481 e. The molecule has 0 saturated carbocycles. The molecule has 1 fully saturated rings. The Balaban J connectivity index is 2.42. The molecule has 0 radical (unpaired) electrons. The van der Waals surface area contributed by atoms with Gasteiger partial charge in [-0.1, -0.05) is 12.1 Å². The standard InChI is InChI=1S/C12H12FNO4/c1-12(6-10(15)16)7-18-11(17)14(12)9-5-3-2-4-8(9)13/h2-5H,6-7H2,1H3,(H,15,16). The number of benzene rings is 1. The third kappa shape index (κ3) is 2.01. The molecule has 0 aliphatic carbocycles. The summed E-state index contributed by atoms with van der Waals surface area (Å²) < 4.78 is 18.5. The first-order valence-electron chi connectivity index (χ1n) is 5.37. The number of carbonyl (C=O) groups excluding carboxylic acids is 1. The highest BCUT2D eigenvalue weighted by molar-refractivity contribution is 5.92. The first-order valence-corrected chi connectivity index (χ1v) is 5.37. The van der Waals surface area contributed by atoms with Crippen LogP contribution in [-0.4, -0.2) is 29.3 Å². The van der Waals surface area contributed by atoms with Crippen LogP contribution in [0.4, 0.5) is 14.9 Å². The number of nitrogens with zero attached hydrogens (tertiary/aromatic N) is 1. The second kappa shape index (κ2) is 4.29. The third-order valence-corrected chi connectivity index (χ3v) is 2.85. The molecule has 96 valence electrons. The molecule has 0 bridgehead atoms. The van der Waals surface area contributed by atoms with Gasteiger partial charge < -0.3 is 9.84 Å². The monoisotopic (exact) mass is 253 g/mol. The van der Waals surface area contributed by atoms with Crippen LogP contribution in [0.2, 0.25) is 0 Å². The number of carbonyl (C=O) groups is 2. The second-order valence-electron chi connectivity index (χ2n) is 4.41. The van der Waals surface area contributed by atoms with Gasteiger partial charge in [-0.25, -0.2) is 9.18 Å². The summed E-state index contributed by atoms with van der Waals surface area (Å²) in [5.74, 6) is -1.66. The predicted molar refractivity (Wildman–Crippen MR) is 60.9 cm³/mol. The summed E-state index contributed by atoms with van der Waals surface area (Å²) in [4.78, 5) is 23.6. The molecule has 1 heterocycles. The lowest BCUT2D eigenvalue weighted by Crippen LogP contribution is -2.46. The number of ether oxygens (including phenoxy) is 1. The third-order valence-electron chi connectivity index (χ3n) is 2.85. The van der Waals surface area contributed by atoms with Gasteiger partial charge in [0.05, 0.1) is 17.6 Å². The number of para-hydroxylation sites is 1. The lowest BCUT2D eigenvalue weighted by atomic mass is 9.97. The lowest BCUT2D eigenvalue weighted by Gasteiger charge is -2.30. The van der Waals surface area contributed by atoms with Crippen molar-refractivity contribution in [1.29, 1.82) is 0 Å².